The van der Waals surface area contributed by atoms with Crippen LogP contribution in [-0.4, -0.2) is 34.9 Å². The minimum atomic E-state index is -0.790. The Morgan fingerprint density at radius 1 is 1.09 bits per heavy atom. The Hall–Kier alpha value is -3.48. The first-order valence-corrected chi connectivity index (χ1v) is 11.2. The third kappa shape index (κ3) is 5.19. The van der Waals surface area contributed by atoms with Crippen LogP contribution < -0.4 is 5.32 Å². The van der Waals surface area contributed by atoms with Gasteiger partial charge in [-0.1, -0.05) is 29.8 Å². The Labute approximate surface area is 202 Å². The molecule has 174 valence electrons. The Morgan fingerprint density at radius 2 is 1.82 bits per heavy atom. The Morgan fingerprint density at radius 3 is 2.47 bits per heavy atom. The van der Waals surface area contributed by atoms with Gasteiger partial charge in [0.05, 0.1) is 16.2 Å². The normalized spacial score (nSPS) is 11.2. The molecule has 4 aromatic rings. The van der Waals surface area contributed by atoms with E-state index in [1.54, 1.807) is 13.1 Å². The predicted molar refractivity (Wildman–Crippen MR) is 135 cm³/mol. The highest BCUT2D eigenvalue weighted by Crippen LogP contribution is 2.36. The summed E-state index contributed by atoms with van der Waals surface area (Å²) in [5, 5.41) is 13.9. The number of carbonyl (C=O) groups is 1. The van der Waals surface area contributed by atoms with Crippen LogP contribution in [0, 0.1) is 5.82 Å². The summed E-state index contributed by atoms with van der Waals surface area (Å²) in [7, 11) is 4.04. The number of fused-ring (bicyclic) bond motifs is 1. The molecule has 0 aliphatic rings. The number of phenolic OH excluding ortho intramolecular Hbond substituents is 1. The number of nitrogens with zero attached hydrogens (tertiary/aromatic N) is 2. The molecule has 0 fully saturated rings. The molecule has 0 radical (unpaired) electrons. The van der Waals surface area contributed by atoms with Crippen LogP contribution in [0.4, 0.5) is 15.8 Å². The van der Waals surface area contributed by atoms with Gasteiger partial charge in [-0.15, -0.1) is 0 Å². The fourth-order valence-electron chi connectivity index (χ4n) is 3.90. The molecule has 2 N–H and O–H groups in total. The number of aromatic hydroxyl groups is 1. The van der Waals surface area contributed by atoms with Crippen LogP contribution >= 0.6 is 11.6 Å². The summed E-state index contributed by atoms with van der Waals surface area (Å²) < 4.78 is 14.1. The summed E-state index contributed by atoms with van der Waals surface area (Å²) in [6.07, 6.45) is 1.94. The van der Waals surface area contributed by atoms with Crippen LogP contribution in [0.5, 0.6) is 5.75 Å². The number of aromatic nitrogens is 1. The molecule has 0 aliphatic carbocycles. The van der Waals surface area contributed by atoms with Gasteiger partial charge in [0.15, 0.2) is 11.6 Å². The van der Waals surface area contributed by atoms with Crippen molar-refractivity contribution in [3.05, 3.63) is 82.8 Å². The molecule has 7 heteroatoms. The van der Waals surface area contributed by atoms with Gasteiger partial charge in [0.25, 0.3) is 0 Å². The number of anilines is 2. The van der Waals surface area contributed by atoms with E-state index in [4.69, 9.17) is 11.6 Å². The third-order valence-corrected chi connectivity index (χ3v) is 5.75. The molecule has 1 aromatic heterocycles. The number of halogens is 2. The summed E-state index contributed by atoms with van der Waals surface area (Å²) in [4.78, 5) is 18.6. The average Bonchev–Trinajstić information content (AvgIpc) is 2.79. The van der Waals surface area contributed by atoms with E-state index >= 15 is 0 Å². The zero-order valence-electron chi connectivity index (χ0n) is 19.2. The zero-order chi connectivity index (χ0) is 24.4. The number of hydrogen-bond acceptors (Lipinski definition) is 5. The average molecular weight is 478 g/mol. The molecule has 4 rings (SSSR count). The lowest BCUT2D eigenvalue weighted by Gasteiger charge is -2.16. The second kappa shape index (κ2) is 9.79. The zero-order valence-corrected chi connectivity index (χ0v) is 19.9. The van der Waals surface area contributed by atoms with Gasteiger partial charge in [0, 0.05) is 35.8 Å². The monoisotopic (exact) mass is 477 g/mol. The Kier molecular flexibility index (Phi) is 6.82. The molecule has 3 aromatic carbocycles. The van der Waals surface area contributed by atoms with E-state index in [1.807, 2.05) is 44.4 Å². The second-order valence-corrected chi connectivity index (χ2v) is 9.02. The van der Waals surface area contributed by atoms with E-state index in [1.165, 1.54) is 17.7 Å². The van der Waals surface area contributed by atoms with Gasteiger partial charge in [0.2, 0.25) is 0 Å². The number of pyridine rings is 1. The van der Waals surface area contributed by atoms with Crippen molar-refractivity contribution >= 4 is 39.7 Å². The highest BCUT2D eigenvalue weighted by Gasteiger charge is 2.14. The first kappa shape index (κ1) is 23.7. The Balaban J connectivity index is 1.82. The van der Waals surface area contributed by atoms with Crippen molar-refractivity contribution in [2.75, 3.05) is 19.4 Å². The molecular weight excluding hydrogens is 453 g/mol. The lowest BCUT2D eigenvalue weighted by molar-refractivity contribution is -0.116. The number of Topliss-reactive ketones (excluding diaryl/α,β-unsaturated/α-hetero) is 1. The quantitative estimate of drug-likeness (QED) is 0.325. The highest BCUT2D eigenvalue weighted by molar-refractivity contribution is 6.32. The van der Waals surface area contributed by atoms with E-state index in [9.17, 15) is 14.3 Å². The molecular formula is C27H25ClFN3O2. The van der Waals surface area contributed by atoms with Crippen LogP contribution in [0.1, 0.15) is 18.1 Å². The standard InChI is InChI=1S/C27H25ClFN3O2/c1-16(33)10-20-14-30-25-9-6-18(19-12-23(28)27(34)24(29)13-19)11-22(25)26(20)31-21-7-4-17(5-8-21)15-32(2)3/h4-9,11-14,34H,10,15H2,1-3H3,(H,30,31). The maximum atomic E-state index is 14.1. The number of benzene rings is 3. The summed E-state index contributed by atoms with van der Waals surface area (Å²) in [6.45, 7) is 2.38. The van der Waals surface area contributed by atoms with Gasteiger partial charge < -0.3 is 15.3 Å². The maximum absolute atomic E-state index is 14.1. The fourth-order valence-corrected chi connectivity index (χ4v) is 4.11. The van der Waals surface area contributed by atoms with E-state index in [2.05, 4.69) is 27.3 Å². The minimum Gasteiger partial charge on any atom is -0.504 e. The van der Waals surface area contributed by atoms with E-state index in [0.717, 1.165) is 34.4 Å². The number of ketones is 1. The lowest BCUT2D eigenvalue weighted by Crippen LogP contribution is -2.10. The van der Waals surface area contributed by atoms with Crippen molar-refractivity contribution in [3.63, 3.8) is 0 Å². The SMILES string of the molecule is CC(=O)Cc1cnc2ccc(-c3cc(F)c(O)c(Cl)c3)cc2c1Nc1ccc(CN(C)C)cc1. The van der Waals surface area contributed by atoms with E-state index in [-0.39, 0.29) is 17.2 Å². The number of phenols is 1. The van der Waals surface area contributed by atoms with E-state index < -0.39 is 11.6 Å². The van der Waals surface area contributed by atoms with Crippen molar-refractivity contribution < 1.29 is 14.3 Å². The summed E-state index contributed by atoms with van der Waals surface area (Å²) in [5.41, 5.74) is 5.57. The predicted octanol–water partition coefficient (Wildman–Crippen LogP) is 6.34. The largest absolute Gasteiger partial charge is 0.504 e. The lowest BCUT2D eigenvalue weighted by atomic mass is 9.99. The van der Waals surface area contributed by atoms with Crippen LogP contribution in [-0.2, 0) is 17.8 Å². The first-order valence-electron chi connectivity index (χ1n) is 10.8. The molecule has 0 atom stereocenters. The van der Waals surface area contributed by atoms with Gasteiger partial charge in [-0.2, -0.15) is 0 Å². The van der Waals surface area contributed by atoms with Gasteiger partial charge in [0.1, 0.15) is 5.78 Å². The molecule has 34 heavy (non-hydrogen) atoms. The van der Waals surface area contributed by atoms with Crippen molar-refractivity contribution in [1.29, 1.82) is 0 Å². The molecule has 5 nitrogen and oxygen atoms in total. The highest BCUT2D eigenvalue weighted by atomic mass is 35.5. The van der Waals surface area contributed by atoms with Crippen LogP contribution in [0.2, 0.25) is 5.02 Å². The third-order valence-electron chi connectivity index (χ3n) is 5.46. The van der Waals surface area contributed by atoms with E-state index in [0.29, 0.717) is 11.1 Å². The number of nitrogens with one attached hydrogen (secondary N) is 1. The van der Waals surface area contributed by atoms with Gasteiger partial charge in [-0.25, -0.2) is 4.39 Å². The molecule has 0 saturated carbocycles. The maximum Gasteiger partial charge on any atom is 0.170 e. The topological polar surface area (TPSA) is 65.5 Å². The molecule has 0 amide bonds. The molecule has 0 saturated heterocycles. The number of hydrogen-bond donors (Lipinski definition) is 2. The van der Waals surface area contributed by atoms with Gasteiger partial charge in [-0.05, 0) is 74.1 Å². The molecule has 1 heterocycles. The van der Waals surface area contributed by atoms with Crippen molar-refractivity contribution in [2.24, 2.45) is 0 Å². The summed E-state index contributed by atoms with van der Waals surface area (Å²) in [5.74, 6) is -1.34. The van der Waals surface area contributed by atoms with Crippen LogP contribution in [0.3, 0.4) is 0 Å². The number of rotatable bonds is 7. The molecule has 0 bridgehead atoms. The Bertz CT molecular complexity index is 1350. The smallest absolute Gasteiger partial charge is 0.170 e. The first-order chi connectivity index (χ1) is 16.2. The van der Waals surface area contributed by atoms with Gasteiger partial charge in [-0.3, -0.25) is 9.78 Å². The molecule has 0 aliphatic heterocycles. The van der Waals surface area contributed by atoms with Crippen LogP contribution in [0.15, 0.2) is 60.8 Å². The van der Waals surface area contributed by atoms with Crippen molar-refractivity contribution in [3.8, 4) is 16.9 Å². The van der Waals surface area contributed by atoms with Crippen LogP contribution in [0.25, 0.3) is 22.0 Å². The van der Waals surface area contributed by atoms with Gasteiger partial charge >= 0.3 is 0 Å². The molecule has 0 spiro atoms. The number of carbonyl (C=O) groups excluding carboxylic acids is 1. The summed E-state index contributed by atoms with van der Waals surface area (Å²) >= 11 is 6.00. The molecule has 0 unspecified atom stereocenters. The van der Waals surface area contributed by atoms with Crippen molar-refractivity contribution in [1.82, 2.24) is 9.88 Å². The van der Waals surface area contributed by atoms with Crippen molar-refractivity contribution in [2.45, 2.75) is 19.9 Å². The second-order valence-electron chi connectivity index (χ2n) is 8.62. The fraction of sp³-hybridized carbons (Fsp3) is 0.185. The summed E-state index contributed by atoms with van der Waals surface area (Å²) in [6, 6.07) is 16.4. The minimum absolute atomic E-state index is 0.0223.